The predicted octanol–water partition coefficient (Wildman–Crippen LogP) is 3.65. The molecule has 2 nitrogen and oxygen atoms in total. The highest BCUT2D eigenvalue weighted by Gasteiger charge is 2.05. The van der Waals surface area contributed by atoms with Gasteiger partial charge >= 0.3 is 0 Å². The third-order valence-corrected chi connectivity index (χ3v) is 2.55. The Morgan fingerprint density at radius 2 is 2.27 bits per heavy atom. The standard InChI is InChI=1S/C12H16ClNO/c1-4-5-6-14-11-7-9(2)10(13)8-12(11)15-3/h4,7-8,14H,1,5-6H2,2-3H3. The van der Waals surface area contributed by atoms with Crippen molar-refractivity contribution in [3.63, 3.8) is 0 Å². The van der Waals surface area contributed by atoms with Crippen LogP contribution in [0.1, 0.15) is 12.0 Å². The molecule has 82 valence electrons. The first kappa shape index (κ1) is 11.9. The Hall–Kier alpha value is -1.15. The molecular formula is C12H16ClNO. The van der Waals surface area contributed by atoms with E-state index >= 15 is 0 Å². The lowest BCUT2D eigenvalue weighted by Gasteiger charge is -2.12. The molecule has 1 rings (SSSR count). The van der Waals surface area contributed by atoms with Crippen molar-refractivity contribution < 1.29 is 4.74 Å². The monoisotopic (exact) mass is 225 g/mol. The lowest BCUT2D eigenvalue weighted by atomic mass is 10.2. The Morgan fingerprint density at radius 1 is 1.53 bits per heavy atom. The smallest absolute Gasteiger partial charge is 0.143 e. The van der Waals surface area contributed by atoms with Crippen molar-refractivity contribution in [2.45, 2.75) is 13.3 Å². The molecule has 0 spiro atoms. The normalized spacial score (nSPS) is 9.80. The molecule has 0 aliphatic rings. The molecule has 0 saturated heterocycles. The molecule has 1 N–H and O–H groups in total. The van der Waals surface area contributed by atoms with Gasteiger partial charge in [0.1, 0.15) is 5.75 Å². The molecule has 0 saturated carbocycles. The van der Waals surface area contributed by atoms with E-state index in [4.69, 9.17) is 16.3 Å². The summed E-state index contributed by atoms with van der Waals surface area (Å²) >= 11 is 6.00. The zero-order chi connectivity index (χ0) is 11.3. The lowest BCUT2D eigenvalue weighted by molar-refractivity contribution is 0.416. The van der Waals surface area contributed by atoms with Gasteiger partial charge in [-0.05, 0) is 25.0 Å². The van der Waals surface area contributed by atoms with Crippen LogP contribution in [-0.4, -0.2) is 13.7 Å². The van der Waals surface area contributed by atoms with Crippen LogP contribution >= 0.6 is 11.6 Å². The van der Waals surface area contributed by atoms with Crippen molar-refractivity contribution in [3.8, 4) is 5.75 Å². The summed E-state index contributed by atoms with van der Waals surface area (Å²) in [6, 6.07) is 3.82. The van der Waals surface area contributed by atoms with Gasteiger partial charge in [-0.25, -0.2) is 0 Å². The number of hydrogen-bond acceptors (Lipinski definition) is 2. The first-order chi connectivity index (χ1) is 7.19. The van der Waals surface area contributed by atoms with Gasteiger partial charge in [0.05, 0.1) is 12.8 Å². The lowest BCUT2D eigenvalue weighted by Crippen LogP contribution is -2.02. The minimum absolute atomic E-state index is 0.723. The van der Waals surface area contributed by atoms with E-state index in [2.05, 4.69) is 11.9 Å². The molecule has 0 amide bonds. The van der Waals surface area contributed by atoms with Gasteiger partial charge in [0, 0.05) is 17.6 Å². The highest BCUT2D eigenvalue weighted by molar-refractivity contribution is 6.31. The molecule has 0 fully saturated rings. The summed E-state index contributed by atoms with van der Waals surface area (Å²) < 4.78 is 5.24. The number of ether oxygens (including phenoxy) is 1. The van der Waals surface area contributed by atoms with Gasteiger partial charge in [-0.1, -0.05) is 17.7 Å². The van der Waals surface area contributed by atoms with Crippen molar-refractivity contribution in [3.05, 3.63) is 35.4 Å². The van der Waals surface area contributed by atoms with Crippen LogP contribution < -0.4 is 10.1 Å². The van der Waals surface area contributed by atoms with Crippen LogP contribution in [0.5, 0.6) is 5.75 Å². The summed E-state index contributed by atoms with van der Waals surface area (Å²) in [4.78, 5) is 0. The van der Waals surface area contributed by atoms with Crippen LogP contribution in [0, 0.1) is 6.92 Å². The van der Waals surface area contributed by atoms with E-state index in [0.29, 0.717) is 0 Å². The van der Waals surface area contributed by atoms with Crippen LogP contribution in [0.4, 0.5) is 5.69 Å². The molecule has 0 unspecified atom stereocenters. The van der Waals surface area contributed by atoms with Gasteiger partial charge in [-0.2, -0.15) is 0 Å². The van der Waals surface area contributed by atoms with Crippen LogP contribution in [0.2, 0.25) is 5.02 Å². The van der Waals surface area contributed by atoms with Crippen molar-refractivity contribution in [2.24, 2.45) is 0 Å². The van der Waals surface area contributed by atoms with E-state index < -0.39 is 0 Å². The largest absolute Gasteiger partial charge is 0.495 e. The maximum atomic E-state index is 6.00. The fourth-order valence-corrected chi connectivity index (χ4v) is 1.43. The molecule has 15 heavy (non-hydrogen) atoms. The Labute approximate surface area is 95.9 Å². The second kappa shape index (κ2) is 5.66. The predicted molar refractivity (Wildman–Crippen MR) is 66.0 cm³/mol. The molecular weight excluding hydrogens is 210 g/mol. The summed E-state index contributed by atoms with van der Waals surface area (Å²) in [6.45, 7) is 6.49. The topological polar surface area (TPSA) is 21.3 Å². The number of rotatable bonds is 5. The van der Waals surface area contributed by atoms with E-state index in [9.17, 15) is 0 Å². The van der Waals surface area contributed by atoms with Gasteiger partial charge < -0.3 is 10.1 Å². The summed E-state index contributed by atoms with van der Waals surface area (Å²) in [6.07, 6.45) is 2.80. The molecule has 0 aliphatic heterocycles. The molecule has 1 aromatic carbocycles. The highest BCUT2D eigenvalue weighted by atomic mass is 35.5. The number of hydrogen-bond donors (Lipinski definition) is 1. The Bertz CT molecular complexity index is 350. The van der Waals surface area contributed by atoms with Gasteiger partial charge in [0.25, 0.3) is 0 Å². The number of benzene rings is 1. The second-order valence-electron chi connectivity index (χ2n) is 3.31. The minimum atomic E-state index is 0.723. The van der Waals surface area contributed by atoms with Gasteiger partial charge in [-0.15, -0.1) is 6.58 Å². The second-order valence-corrected chi connectivity index (χ2v) is 3.71. The molecule has 0 radical (unpaired) electrons. The Balaban J connectivity index is 2.84. The SMILES string of the molecule is C=CCCNc1cc(C)c(Cl)cc1OC. The van der Waals surface area contributed by atoms with Crippen LogP contribution in [0.25, 0.3) is 0 Å². The van der Waals surface area contributed by atoms with Gasteiger partial charge in [0.15, 0.2) is 0 Å². The maximum absolute atomic E-state index is 6.00. The summed E-state index contributed by atoms with van der Waals surface area (Å²) in [7, 11) is 1.64. The van der Waals surface area contributed by atoms with Crippen LogP contribution in [-0.2, 0) is 0 Å². The van der Waals surface area contributed by atoms with Crippen molar-refractivity contribution >= 4 is 17.3 Å². The molecule has 0 bridgehead atoms. The molecule has 0 aliphatic carbocycles. The van der Waals surface area contributed by atoms with E-state index in [1.54, 1.807) is 7.11 Å². The van der Waals surface area contributed by atoms with Gasteiger partial charge in [-0.3, -0.25) is 0 Å². The quantitative estimate of drug-likeness (QED) is 0.610. The number of aryl methyl sites for hydroxylation is 1. The number of methoxy groups -OCH3 is 1. The molecule has 0 heterocycles. The number of halogens is 1. The third-order valence-electron chi connectivity index (χ3n) is 2.14. The Morgan fingerprint density at radius 3 is 2.87 bits per heavy atom. The summed E-state index contributed by atoms with van der Waals surface area (Å²) in [5, 5.41) is 4.00. The average molecular weight is 226 g/mol. The third kappa shape index (κ3) is 3.17. The molecule has 1 aromatic rings. The molecule has 0 atom stereocenters. The zero-order valence-corrected chi connectivity index (χ0v) is 9.90. The first-order valence-electron chi connectivity index (χ1n) is 4.88. The summed E-state index contributed by atoms with van der Waals surface area (Å²) in [5.74, 6) is 0.773. The average Bonchev–Trinajstić information content (AvgIpc) is 2.23. The van der Waals surface area contributed by atoms with E-state index in [0.717, 1.165) is 35.0 Å². The maximum Gasteiger partial charge on any atom is 0.143 e. The number of nitrogens with one attached hydrogen (secondary N) is 1. The first-order valence-corrected chi connectivity index (χ1v) is 5.25. The fourth-order valence-electron chi connectivity index (χ4n) is 1.28. The zero-order valence-electron chi connectivity index (χ0n) is 9.14. The van der Waals surface area contributed by atoms with Crippen molar-refractivity contribution in [1.82, 2.24) is 0 Å². The molecule has 3 heteroatoms. The van der Waals surface area contributed by atoms with E-state index in [1.165, 1.54) is 0 Å². The van der Waals surface area contributed by atoms with E-state index in [1.807, 2.05) is 25.1 Å². The van der Waals surface area contributed by atoms with E-state index in [-0.39, 0.29) is 0 Å². The van der Waals surface area contributed by atoms with Crippen LogP contribution in [0.3, 0.4) is 0 Å². The fraction of sp³-hybridized carbons (Fsp3) is 0.333. The highest BCUT2D eigenvalue weighted by Crippen LogP contribution is 2.30. The van der Waals surface area contributed by atoms with Crippen molar-refractivity contribution in [2.75, 3.05) is 19.0 Å². The Kier molecular flexibility index (Phi) is 4.50. The van der Waals surface area contributed by atoms with Crippen molar-refractivity contribution in [1.29, 1.82) is 0 Å². The summed E-state index contributed by atoms with van der Waals surface area (Å²) in [5.41, 5.74) is 2.01. The van der Waals surface area contributed by atoms with Gasteiger partial charge in [0.2, 0.25) is 0 Å². The molecule has 0 aromatic heterocycles. The minimum Gasteiger partial charge on any atom is -0.495 e. The van der Waals surface area contributed by atoms with Crippen LogP contribution in [0.15, 0.2) is 24.8 Å². The number of anilines is 1.